The largest absolute Gasteiger partial charge is 0.465 e. The summed E-state index contributed by atoms with van der Waals surface area (Å²) in [6.07, 6.45) is 0. The van der Waals surface area contributed by atoms with E-state index in [1.54, 1.807) is 24.3 Å². The van der Waals surface area contributed by atoms with E-state index in [0.29, 0.717) is 22.4 Å². The SMILES string of the molecule is COC(=O)c1cccc(NC(=O)CSc2nnc(-c3ccccc3)o2)c1. The molecule has 0 radical (unpaired) electrons. The second-order valence-electron chi connectivity index (χ2n) is 5.15. The van der Waals surface area contributed by atoms with Crippen LogP contribution in [0, 0.1) is 0 Å². The third kappa shape index (κ3) is 4.48. The van der Waals surface area contributed by atoms with Gasteiger partial charge in [-0.25, -0.2) is 4.79 Å². The van der Waals surface area contributed by atoms with E-state index in [1.165, 1.54) is 7.11 Å². The van der Waals surface area contributed by atoms with Gasteiger partial charge in [0.15, 0.2) is 0 Å². The lowest BCUT2D eigenvalue weighted by atomic mass is 10.2. The lowest BCUT2D eigenvalue weighted by molar-refractivity contribution is -0.113. The van der Waals surface area contributed by atoms with E-state index in [4.69, 9.17) is 4.42 Å². The summed E-state index contributed by atoms with van der Waals surface area (Å²) < 4.78 is 10.2. The molecule has 1 N–H and O–H groups in total. The van der Waals surface area contributed by atoms with Crippen molar-refractivity contribution in [2.24, 2.45) is 0 Å². The highest BCUT2D eigenvalue weighted by molar-refractivity contribution is 7.99. The zero-order valence-corrected chi connectivity index (χ0v) is 14.7. The minimum atomic E-state index is -0.463. The van der Waals surface area contributed by atoms with Crippen LogP contribution >= 0.6 is 11.8 Å². The molecule has 1 amide bonds. The van der Waals surface area contributed by atoms with Gasteiger partial charge in [-0.1, -0.05) is 36.0 Å². The average molecular weight is 369 g/mol. The quantitative estimate of drug-likeness (QED) is 0.526. The zero-order valence-electron chi connectivity index (χ0n) is 13.8. The van der Waals surface area contributed by atoms with Gasteiger partial charge in [0, 0.05) is 11.3 Å². The molecule has 3 aromatic rings. The maximum absolute atomic E-state index is 12.1. The summed E-state index contributed by atoms with van der Waals surface area (Å²) in [6.45, 7) is 0. The van der Waals surface area contributed by atoms with Crippen LogP contribution in [0.15, 0.2) is 64.2 Å². The Morgan fingerprint density at radius 1 is 1.12 bits per heavy atom. The Hall–Kier alpha value is -3.13. The van der Waals surface area contributed by atoms with Crippen LogP contribution in [0.5, 0.6) is 0 Å². The monoisotopic (exact) mass is 369 g/mol. The van der Waals surface area contributed by atoms with Gasteiger partial charge in [0.25, 0.3) is 5.22 Å². The van der Waals surface area contributed by atoms with Gasteiger partial charge in [-0.15, -0.1) is 10.2 Å². The van der Waals surface area contributed by atoms with Crippen LogP contribution < -0.4 is 5.32 Å². The number of nitrogens with one attached hydrogen (secondary N) is 1. The Kier molecular flexibility index (Phi) is 5.65. The van der Waals surface area contributed by atoms with Crippen molar-refractivity contribution in [3.63, 3.8) is 0 Å². The van der Waals surface area contributed by atoms with Crippen LogP contribution in [0.2, 0.25) is 0 Å². The maximum atomic E-state index is 12.1. The lowest BCUT2D eigenvalue weighted by Crippen LogP contribution is -2.14. The first-order valence-electron chi connectivity index (χ1n) is 7.65. The van der Waals surface area contributed by atoms with Crippen molar-refractivity contribution in [2.45, 2.75) is 5.22 Å². The van der Waals surface area contributed by atoms with E-state index >= 15 is 0 Å². The second kappa shape index (κ2) is 8.30. The normalized spacial score (nSPS) is 10.3. The summed E-state index contributed by atoms with van der Waals surface area (Å²) in [5.74, 6) is -0.218. The van der Waals surface area contributed by atoms with E-state index in [1.807, 2.05) is 30.3 Å². The van der Waals surface area contributed by atoms with Crippen molar-refractivity contribution in [1.29, 1.82) is 0 Å². The van der Waals surface area contributed by atoms with Crippen molar-refractivity contribution in [3.05, 3.63) is 60.2 Å². The molecule has 1 aromatic heterocycles. The minimum absolute atomic E-state index is 0.0961. The molecule has 0 unspecified atom stereocenters. The number of benzene rings is 2. The van der Waals surface area contributed by atoms with Crippen molar-refractivity contribution in [2.75, 3.05) is 18.2 Å². The maximum Gasteiger partial charge on any atom is 0.337 e. The predicted molar refractivity (Wildman–Crippen MR) is 96.9 cm³/mol. The third-order valence-corrected chi connectivity index (χ3v) is 4.14. The molecular formula is C18H15N3O4S. The molecule has 0 atom stereocenters. The van der Waals surface area contributed by atoms with E-state index < -0.39 is 5.97 Å². The van der Waals surface area contributed by atoms with Gasteiger partial charge in [0.1, 0.15) is 0 Å². The Bertz CT molecular complexity index is 912. The Labute approximate surface area is 153 Å². The average Bonchev–Trinajstić information content (AvgIpc) is 3.16. The topological polar surface area (TPSA) is 94.3 Å². The summed E-state index contributed by atoms with van der Waals surface area (Å²) in [5, 5.41) is 10.9. The minimum Gasteiger partial charge on any atom is -0.465 e. The number of carbonyl (C=O) groups is 2. The summed E-state index contributed by atoms with van der Waals surface area (Å²) in [4.78, 5) is 23.6. The molecule has 7 nitrogen and oxygen atoms in total. The number of hydrogen-bond donors (Lipinski definition) is 1. The number of amides is 1. The Morgan fingerprint density at radius 3 is 2.69 bits per heavy atom. The summed E-state index contributed by atoms with van der Waals surface area (Å²) in [6, 6.07) is 15.9. The van der Waals surface area contributed by atoms with Crippen LogP contribution in [0.1, 0.15) is 10.4 Å². The second-order valence-corrected chi connectivity index (χ2v) is 6.07. The number of ether oxygens (including phenoxy) is 1. The molecule has 0 saturated heterocycles. The molecule has 1 heterocycles. The smallest absolute Gasteiger partial charge is 0.337 e. The van der Waals surface area contributed by atoms with Gasteiger partial charge < -0.3 is 14.5 Å². The first-order chi connectivity index (χ1) is 12.7. The van der Waals surface area contributed by atoms with Crippen molar-refractivity contribution < 1.29 is 18.7 Å². The molecule has 0 aliphatic carbocycles. The first-order valence-corrected chi connectivity index (χ1v) is 8.64. The van der Waals surface area contributed by atoms with Gasteiger partial charge >= 0.3 is 5.97 Å². The highest BCUT2D eigenvalue weighted by Gasteiger charge is 2.12. The number of carbonyl (C=O) groups excluding carboxylic acids is 2. The number of aromatic nitrogens is 2. The number of nitrogens with zero attached hydrogens (tertiary/aromatic N) is 2. The molecule has 2 aromatic carbocycles. The first kappa shape index (κ1) is 17.7. The highest BCUT2D eigenvalue weighted by Crippen LogP contribution is 2.23. The molecule has 0 aliphatic heterocycles. The molecule has 0 bridgehead atoms. The molecule has 132 valence electrons. The third-order valence-electron chi connectivity index (χ3n) is 3.32. The van der Waals surface area contributed by atoms with E-state index in [-0.39, 0.29) is 11.7 Å². The van der Waals surface area contributed by atoms with Crippen LogP contribution in [-0.2, 0) is 9.53 Å². The number of thioether (sulfide) groups is 1. The fourth-order valence-electron chi connectivity index (χ4n) is 2.13. The fraction of sp³-hybridized carbons (Fsp3) is 0.111. The number of methoxy groups -OCH3 is 1. The van der Waals surface area contributed by atoms with Gasteiger partial charge in [-0.3, -0.25) is 4.79 Å². The highest BCUT2D eigenvalue weighted by atomic mass is 32.2. The van der Waals surface area contributed by atoms with Crippen LogP contribution in [0.3, 0.4) is 0 Å². The Balaban J connectivity index is 1.56. The standard InChI is InChI=1S/C18H15N3O4S/c1-24-17(23)13-8-5-9-14(10-13)19-15(22)11-26-18-21-20-16(25-18)12-6-3-2-4-7-12/h2-10H,11H2,1H3,(H,19,22). The van der Waals surface area contributed by atoms with Crippen LogP contribution in [-0.4, -0.2) is 34.9 Å². The fourth-order valence-corrected chi connectivity index (χ4v) is 2.69. The molecule has 0 aliphatic rings. The summed E-state index contributed by atoms with van der Waals surface area (Å²) >= 11 is 1.13. The molecule has 3 rings (SSSR count). The van der Waals surface area contributed by atoms with Crippen molar-refractivity contribution in [3.8, 4) is 11.5 Å². The predicted octanol–water partition coefficient (Wildman–Crippen LogP) is 3.25. The number of hydrogen-bond acceptors (Lipinski definition) is 7. The van der Waals surface area contributed by atoms with Gasteiger partial charge in [-0.05, 0) is 30.3 Å². The van der Waals surface area contributed by atoms with Crippen molar-refractivity contribution >= 4 is 29.3 Å². The van der Waals surface area contributed by atoms with E-state index in [0.717, 1.165) is 17.3 Å². The van der Waals surface area contributed by atoms with E-state index in [2.05, 4.69) is 20.3 Å². The summed E-state index contributed by atoms with van der Waals surface area (Å²) in [7, 11) is 1.30. The molecule has 0 saturated carbocycles. The molecular weight excluding hydrogens is 354 g/mol. The van der Waals surface area contributed by atoms with Crippen LogP contribution in [0.4, 0.5) is 5.69 Å². The number of rotatable bonds is 6. The molecule has 0 fully saturated rings. The molecule has 0 spiro atoms. The zero-order chi connectivity index (χ0) is 18.4. The van der Waals surface area contributed by atoms with Gasteiger partial charge in [0.05, 0.1) is 18.4 Å². The lowest BCUT2D eigenvalue weighted by Gasteiger charge is -2.05. The van der Waals surface area contributed by atoms with Crippen molar-refractivity contribution in [1.82, 2.24) is 10.2 Å². The number of esters is 1. The van der Waals surface area contributed by atoms with Gasteiger partial charge in [-0.2, -0.15) is 0 Å². The number of anilines is 1. The molecule has 26 heavy (non-hydrogen) atoms. The van der Waals surface area contributed by atoms with Gasteiger partial charge in [0.2, 0.25) is 11.8 Å². The Morgan fingerprint density at radius 2 is 1.92 bits per heavy atom. The van der Waals surface area contributed by atoms with E-state index in [9.17, 15) is 9.59 Å². The van der Waals surface area contributed by atoms with Crippen LogP contribution in [0.25, 0.3) is 11.5 Å². The summed E-state index contributed by atoms with van der Waals surface area (Å²) in [5.41, 5.74) is 1.69. The molecule has 8 heteroatoms.